The van der Waals surface area contributed by atoms with Gasteiger partial charge in [-0.25, -0.2) is 0 Å². The zero-order valence-electron chi connectivity index (χ0n) is 10.8. The molecule has 0 bridgehead atoms. The maximum atomic E-state index is 5.60. The van der Waals surface area contributed by atoms with Crippen LogP contribution in [0.5, 0.6) is 0 Å². The number of hydrogen-bond donors (Lipinski definition) is 1. The summed E-state index contributed by atoms with van der Waals surface area (Å²) in [5.74, 6) is 1.76. The predicted molar refractivity (Wildman–Crippen MR) is 64.5 cm³/mol. The molecule has 2 fully saturated rings. The van der Waals surface area contributed by atoms with Crippen LogP contribution in [0.3, 0.4) is 0 Å². The predicted octanol–water partition coefficient (Wildman–Crippen LogP) is 1.82. The summed E-state index contributed by atoms with van der Waals surface area (Å²) in [6.45, 7) is 7.18. The Morgan fingerprint density at radius 1 is 1.44 bits per heavy atom. The Hall–Kier alpha value is -0.120. The third-order valence-electron chi connectivity index (χ3n) is 4.33. The van der Waals surface area contributed by atoms with Crippen molar-refractivity contribution in [1.29, 1.82) is 0 Å². The van der Waals surface area contributed by atoms with Gasteiger partial charge in [0.1, 0.15) is 5.60 Å². The van der Waals surface area contributed by atoms with Crippen molar-refractivity contribution in [3.8, 4) is 0 Å². The molecule has 0 aromatic carbocycles. The van der Waals surface area contributed by atoms with Crippen molar-refractivity contribution in [3.05, 3.63) is 0 Å². The molecule has 1 N–H and O–H groups in total. The summed E-state index contributed by atoms with van der Waals surface area (Å²) in [7, 11) is 1.80. The largest absolute Gasteiger partial charge is 0.378 e. The van der Waals surface area contributed by atoms with Crippen LogP contribution in [0.1, 0.15) is 33.1 Å². The molecule has 1 atom stereocenters. The van der Waals surface area contributed by atoms with Gasteiger partial charge in [-0.15, -0.1) is 0 Å². The lowest BCUT2D eigenvalue weighted by atomic mass is 9.73. The van der Waals surface area contributed by atoms with E-state index < -0.39 is 0 Å². The maximum Gasteiger partial charge on any atom is 0.106 e. The lowest BCUT2D eigenvalue weighted by Gasteiger charge is -2.40. The van der Waals surface area contributed by atoms with Crippen molar-refractivity contribution in [2.75, 3.05) is 26.9 Å². The zero-order chi connectivity index (χ0) is 11.6. The van der Waals surface area contributed by atoms with Crippen molar-refractivity contribution in [2.24, 2.45) is 11.8 Å². The highest BCUT2D eigenvalue weighted by Crippen LogP contribution is 2.34. The van der Waals surface area contributed by atoms with Crippen molar-refractivity contribution in [1.82, 2.24) is 5.32 Å². The summed E-state index contributed by atoms with van der Waals surface area (Å²) < 4.78 is 11.0. The second-order valence-corrected chi connectivity index (χ2v) is 5.74. The van der Waals surface area contributed by atoms with Gasteiger partial charge in [-0.2, -0.15) is 0 Å². The van der Waals surface area contributed by atoms with Gasteiger partial charge in [0.05, 0.1) is 6.61 Å². The Balaban J connectivity index is 1.68. The van der Waals surface area contributed by atoms with E-state index in [9.17, 15) is 0 Å². The van der Waals surface area contributed by atoms with E-state index >= 15 is 0 Å². The van der Waals surface area contributed by atoms with E-state index in [1.807, 2.05) is 0 Å². The molecule has 3 heteroatoms. The second-order valence-electron chi connectivity index (χ2n) is 5.74. The van der Waals surface area contributed by atoms with Crippen LogP contribution < -0.4 is 5.32 Å². The first-order valence-corrected chi connectivity index (χ1v) is 6.51. The number of rotatable bonds is 5. The van der Waals surface area contributed by atoms with Crippen LogP contribution in [0.15, 0.2) is 0 Å². The highest BCUT2D eigenvalue weighted by atomic mass is 16.5. The molecule has 0 aromatic rings. The molecule has 2 rings (SSSR count). The quantitative estimate of drug-likeness (QED) is 0.777. The first-order valence-electron chi connectivity index (χ1n) is 6.51. The van der Waals surface area contributed by atoms with Gasteiger partial charge in [0.15, 0.2) is 0 Å². The molecule has 0 spiro atoms. The topological polar surface area (TPSA) is 30.5 Å². The first-order chi connectivity index (χ1) is 7.65. The molecule has 0 amide bonds. The van der Waals surface area contributed by atoms with Gasteiger partial charge in [-0.3, -0.25) is 0 Å². The summed E-state index contributed by atoms with van der Waals surface area (Å²) in [6.07, 6.45) is 3.69. The molecule has 0 aromatic heterocycles. The van der Waals surface area contributed by atoms with Crippen molar-refractivity contribution in [3.63, 3.8) is 0 Å². The molecule has 1 aliphatic carbocycles. The summed E-state index contributed by atoms with van der Waals surface area (Å²) in [5, 5.41) is 3.63. The van der Waals surface area contributed by atoms with Crippen LogP contribution in [0, 0.1) is 11.8 Å². The summed E-state index contributed by atoms with van der Waals surface area (Å²) in [6, 6.07) is 0.708. The van der Waals surface area contributed by atoms with Gasteiger partial charge in [-0.1, -0.05) is 13.8 Å². The van der Waals surface area contributed by atoms with Gasteiger partial charge in [-0.05, 0) is 24.7 Å². The van der Waals surface area contributed by atoms with E-state index in [1.165, 1.54) is 12.8 Å². The normalized spacial score (nSPS) is 39.0. The SMILES string of the molecule is COC1(CNC2CC(C(C)C)C2)CCOC1. The van der Waals surface area contributed by atoms with Crippen LogP contribution in [0.25, 0.3) is 0 Å². The van der Waals surface area contributed by atoms with Crippen LogP contribution >= 0.6 is 0 Å². The Morgan fingerprint density at radius 2 is 2.19 bits per heavy atom. The van der Waals surface area contributed by atoms with Crippen LogP contribution in [-0.2, 0) is 9.47 Å². The molecule has 1 saturated heterocycles. The monoisotopic (exact) mass is 227 g/mol. The molecule has 1 unspecified atom stereocenters. The van der Waals surface area contributed by atoms with E-state index in [0.717, 1.165) is 38.0 Å². The van der Waals surface area contributed by atoms with Gasteiger partial charge in [0.25, 0.3) is 0 Å². The molecule has 3 nitrogen and oxygen atoms in total. The first kappa shape index (κ1) is 12.3. The Labute approximate surface area is 98.9 Å². The second kappa shape index (κ2) is 5.03. The molecule has 1 saturated carbocycles. The fourth-order valence-electron chi connectivity index (χ4n) is 2.66. The van der Waals surface area contributed by atoms with Gasteiger partial charge < -0.3 is 14.8 Å². The lowest BCUT2D eigenvalue weighted by Crippen LogP contribution is -2.51. The maximum absolute atomic E-state index is 5.60. The van der Waals surface area contributed by atoms with Crippen LogP contribution in [0.2, 0.25) is 0 Å². The molecule has 1 aliphatic heterocycles. The lowest BCUT2D eigenvalue weighted by molar-refractivity contribution is -0.0214. The summed E-state index contributed by atoms with van der Waals surface area (Å²) in [5.41, 5.74) is -0.0527. The van der Waals surface area contributed by atoms with E-state index in [2.05, 4.69) is 19.2 Å². The van der Waals surface area contributed by atoms with Crippen molar-refractivity contribution >= 4 is 0 Å². The summed E-state index contributed by atoms with van der Waals surface area (Å²) >= 11 is 0. The third kappa shape index (κ3) is 2.58. The minimum absolute atomic E-state index is 0.0527. The van der Waals surface area contributed by atoms with E-state index in [-0.39, 0.29) is 5.60 Å². The standard InChI is InChI=1S/C13H25NO2/c1-10(2)11-6-12(7-11)14-8-13(15-3)4-5-16-9-13/h10-12,14H,4-9H2,1-3H3. The van der Waals surface area contributed by atoms with Gasteiger partial charge in [0.2, 0.25) is 0 Å². The van der Waals surface area contributed by atoms with E-state index in [0.29, 0.717) is 6.04 Å². The molecular formula is C13H25NO2. The van der Waals surface area contributed by atoms with E-state index in [4.69, 9.17) is 9.47 Å². The number of hydrogen-bond acceptors (Lipinski definition) is 3. The van der Waals surface area contributed by atoms with E-state index in [1.54, 1.807) is 7.11 Å². The Bertz CT molecular complexity index is 218. The smallest absolute Gasteiger partial charge is 0.106 e. The zero-order valence-corrected chi connectivity index (χ0v) is 10.8. The summed E-state index contributed by atoms with van der Waals surface area (Å²) in [4.78, 5) is 0. The van der Waals surface area contributed by atoms with Gasteiger partial charge >= 0.3 is 0 Å². The fraction of sp³-hybridized carbons (Fsp3) is 1.00. The van der Waals surface area contributed by atoms with Crippen molar-refractivity contribution < 1.29 is 9.47 Å². The number of methoxy groups -OCH3 is 1. The Morgan fingerprint density at radius 3 is 2.69 bits per heavy atom. The Kier molecular flexibility index (Phi) is 3.88. The molecule has 2 aliphatic rings. The average Bonchev–Trinajstić information content (AvgIpc) is 2.64. The van der Waals surface area contributed by atoms with Gasteiger partial charge in [0, 0.05) is 32.7 Å². The highest BCUT2D eigenvalue weighted by Gasteiger charge is 2.37. The molecule has 94 valence electrons. The average molecular weight is 227 g/mol. The minimum atomic E-state index is -0.0527. The van der Waals surface area contributed by atoms with Crippen molar-refractivity contribution in [2.45, 2.75) is 44.8 Å². The third-order valence-corrected chi connectivity index (χ3v) is 4.33. The number of nitrogens with one attached hydrogen (secondary N) is 1. The molecule has 16 heavy (non-hydrogen) atoms. The highest BCUT2D eigenvalue weighted by molar-refractivity contribution is 4.92. The fourth-order valence-corrected chi connectivity index (χ4v) is 2.66. The van der Waals surface area contributed by atoms with Crippen LogP contribution in [0.4, 0.5) is 0 Å². The molecule has 1 heterocycles. The minimum Gasteiger partial charge on any atom is -0.378 e. The molecular weight excluding hydrogens is 202 g/mol. The number of ether oxygens (including phenoxy) is 2. The molecule has 0 radical (unpaired) electrons. The van der Waals surface area contributed by atoms with Crippen LogP contribution in [-0.4, -0.2) is 38.5 Å².